The van der Waals surface area contributed by atoms with Crippen LogP contribution in [0.1, 0.15) is 16.1 Å². The molecule has 0 saturated heterocycles. The Hall–Kier alpha value is -2.19. The van der Waals surface area contributed by atoms with Gasteiger partial charge >= 0.3 is 0 Å². The van der Waals surface area contributed by atoms with Gasteiger partial charge in [-0.05, 0) is 32.2 Å². The normalized spacial score (nSPS) is 11.3. The van der Waals surface area contributed by atoms with Crippen LogP contribution in [0.25, 0.3) is 0 Å². The molecule has 0 bridgehead atoms. The van der Waals surface area contributed by atoms with Gasteiger partial charge in [0.1, 0.15) is 0 Å². The molecular formula is C12H14N4O3S. The predicted octanol–water partition coefficient (Wildman–Crippen LogP) is 0.879. The van der Waals surface area contributed by atoms with Gasteiger partial charge in [-0.3, -0.25) is 9.89 Å². The van der Waals surface area contributed by atoms with Crippen molar-refractivity contribution in [3.8, 4) is 0 Å². The Morgan fingerprint density at radius 2 is 2.10 bits per heavy atom. The van der Waals surface area contributed by atoms with E-state index in [1.54, 1.807) is 19.1 Å². The number of aryl methyl sites for hydroxylation is 1. The lowest BCUT2D eigenvalue weighted by molar-refractivity contribution is 0.102. The van der Waals surface area contributed by atoms with Gasteiger partial charge in [0.25, 0.3) is 5.91 Å². The summed E-state index contributed by atoms with van der Waals surface area (Å²) in [6.45, 7) is 1.73. The van der Waals surface area contributed by atoms with E-state index in [0.717, 1.165) is 0 Å². The summed E-state index contributed by atoms with van der Waals surface area (Å²) in [5, 5.41) is 9.06. The second kappa shape index (κ2) is 5.43. The molecule has 0 atom stereocenters. The number of sulfonamides is 1. The zero-order chi connectivity index (χ0) is 14.8. The molecule has 0 aliphatic carbocycles. The SMILES string of the molecule is CNS(=O)(=O)c1cccc(NC(=O)c2cn[nH]c2C)c1. The maximum atomic E-state index is 12.0. The van der Waals surface area contributed by atoms with Crippen molar-refractivity contribution in [3.63, 3.8) is 0 Å². The number of rotatable bonds is 4. The summed E-state index contributed by atoms with van der Waals surface area (Å²) >= 11 is 0. The molecule has 0 aliphatic heterocycles. The van der Waals surface area contributed by atoms with Gasteiger partial charge in [0.2, 0.25) is 10.0 Å². The van der Waals surface area contributed by atoms with Crippen molar-refractivity contribution in [2.24, 2.45) is 0 Å². The van der Waals surface area contributed by atoms with Crippen LogP contribution >= 0.6 is 0 Å². The van der Waals surface area contributed by atoms with Crippen molar-refractivity contribution >= 4 is 21.6 Å². The summed E-state index contributed by atoms with van der Waals surface area (Å²) in [4.78, 5) is 12.1. The Labute approximate surface area is 116 Å². The van der Waals surface area contributed by atoms with Crippen LogP contribution in [0.2, 0.25) is 0 Å². The first-order valence-electron chi connectivity index (χ1n) is 5.79. The molecule has 0 unspecified atom stereocenters. The number of carbonyl (C=O) groups is 1. The number of amides is 1. The summed E-state index contributed by atoms with van der Waals surface area (Å²) in [6, 6.07) is 6.01. The number of H-pyrrole nitrogens is 1. The Bertz CT molecular complexity index is 737. The minimum atomic E-state index is -3.54. The Kier molecular flexibility index (Phi) is 3.86. The zero-order valence-corrected chi connectivity index (χ0v) is 11.8. The van der Waals surface area contributed by atoms with E-state index in [1.807, 2.05) is 0 Å². The first-order valence-corrected chi connectivity index (χ1v) is 7.27. The molecule has 0 saturated carbocycles. The van der Waals surface area contributed by atoms with Crippen LogP contribution < -0.4 is 10.0 Å². The molecule has 0 fully saturated rings. The van der Waals surface area contributed by atoms with Crippen molar-refractivity contribution < 1.29 is 13.2 Å². The number of nitrogens with zero attached hydrogens (tertiary/aromatic N) is 1. The van der Waals surface area contributed by atoms with E-state index in [2.05, 4.69) is 20.2 Å². The molecule has 3 N–H and O–H groups in total. The number of carbonyl (C=O) groups excluding carboxylic acids is 1. The highest BCUT2D eigenvalue weighted by Gasteiger charge is 2.14. The monoisotopic (exact) mass is 294 g/mol. The topological polar surface area (TPSA) is 104 Å². The molecule has 2 aromatic rings. The lowest BCUT2D eigenvalue weighted by Gasteiger charge is -2.07. The number of hydrogen-bond donors (Lipinski definition) is 3. The molecule has 20 heavy (non-hydrogen) atoms. The highest BCUT2D eigenvalue weighted by atomic mass is 32.2. The van der Waals surface area contributed by atoms with E-state index in [1.165, 1.54) is 25.4 Å². The van der Waals surface area contributed by atoms with Gasteiger partial charge in [0.15, 0.2) is 0 Å². The second-order valence-corrected chi connectivity index (χ2v) is 5.98. The first kappa shape index (κ1) is 14.2. The molecule has 0 aliphatic rings. The number of nitrogens with one attached hydrogen (secondary N) is 3. The second-order valence-electron chi connectivity index (χ2n) is 4.10. The Balaban J connectivity index is 2.25. The van der Waals surface area contributed by atoms with E-state index in [4.69, 9.17) is 0 Å². The minimum Gasteiger partial charge on any atom is -0.322 e. The number of hydrogen-bond acceptors (Lipinski definition) is 4. The Morgan fingerprint density at radius 1 is 1.35 bits per heavy atom. The van der Waals surface area contributed by atoms with Gasteiger partial charge in [-0.2, -0.15) is 5.10 Å². The summed E-state index contributed by atoms with van der Waals surface area (Å²) in [7, 11) is -2.21. The van der Waals surface area contributed by atoms with Crippen molar-refractivity contribution in [1.82, 2.24) is 14.9 Å². The molecule has 1 amide bonds. The molecular weight excluding hydrogens is 280 g/mol. The van der Waals surface area contributed by atoms with Crippen LogP contribution in [0.5, 0.6) is 0 Å². The van der Waals surface area contributed by atoms with Gasteiger partial charge < -0.3 is 5.32 Å². The van der Waals surface area contributed by atoms with Gasteiger partial charge in [-0.25, -0.2) is 13.1 Å². The average Bonchev–Trinajstić information content (AvgIpc) is 2.85. The summed E-state index contributed by atoms with van der Waals surface area (Å²) in [5.74, 6) is -0.352. The largest absolute Gasteiger partial charge is 0.322 e. The predicted molar refractivity (Wildman–Crippen MR) is 74.0 cm³/mol. The number of benzene rings is 1. The molecule has 8 heteroatoms. The third-order valence-corrected chi connectivity index (χ3v) is 4.16. The highest BCUT2D eigenvalue weighted by molar-refractivity contribution is 7.89. The zero-order valence-electron chi connectivity index (χ0n) is 11.0. The van der Waals surface area contributed by atoms with E-state index in [9.17, 15) is 13.2 Å². The molecule has 7 nitrogen and oxygen atoms in total. The van der Waals surface area contributed by atoms with E-state index in [-0.39, 0.29) is 10.8 Å². The number of aromatic amines is 1. The van der Waals surface area contributed by atoms with Gasteiger partial charge in [-0.1, -0.05) is 6.07 Å². The summed E-state index contributed by atoms with van der Waals surface area (Å²) in [6.07, 6.45) is 1.42. The van der Waals surface area contributed by atoms with Crippen LogP contribution in [-0.2, 0) is 10.0 Å². The number of aromatic nitrogens is 2. The van der Waals surface area contributed by atoms with Crippen LogP contribution in [0.15, 0.2) is 35.4 Å². The number of anilines is 1. The van der Waals surface area contributed by atoms with Crippen LogP contribution in [0.3, 0.4) is 0 Å². The molecule has 1 aromatic heterocycles. The lowest BCUT2D eigenvalue weighted by Crippen LogP contribution is -2.19. The van der Waals surface area contributed by atoms with Crippen molar-refractivity contribution in [2.75, 3.05) is 12.4 Å². The molecule has 106 valence electrons. The van der Waals surface area contributed by atoms with Crippen LogP contribution in [0, 0.1) is 6.92 Å². The summed E-state index contributed by atoms with van der Waals surface area (Å²) < 4.78 is 25.6. The highest BCUT2D eigenvalue weighted by Crippen LogP contribution is 2.16. The fourth-order valence-electron chi connectivity index (χ4n) is 1.64. The molecule has 1 heterocycles. The van der Waals surface area contributed by atoms with Crippen LogP contribution in [0.4, 0.5) is 5.69 Å². The minimum absolute atomic E-state index is 0.0849. The first-order chi connectivity index (χ1) is 9.44. The third kappa shape index (κ3) is 2.86. The summed E-state index contributed by atoms with van der Waals surface area (Å²) in [5.41, 5.74) is 1.44. The molecule has 2 rings (SSSR count). The van der Waals surface area contributed by atoms with Crippen molar-refractivity contribution in [1.29, 1.82) is 0 Å². The van der Waals surface area contributed by atoms with Gasteiger partial charge in [-0.15, -0.1) is 0 Å². The van der Waals surface area contributed by atoms with Gasteiger partial charge in [0, 0.05) is 11.4 Å². The van der Waals surface area contributed by atoms with Crippen molar-refractivity contribution in [3.05, 3.63) is 41.7 Å². The van der Waals surface area contributed by atoms with E-state index < -0.39 is 10.0 Å². The van der Waals surface area contributed by atoms with Gasteiger partial charge in [0.05, 0.1) is 16.7 Å². The maximum absolute atomic E-state index is 12.0. The molecule has 0 radical (unpaired) electrons. The standard InChI is InChI=1S/C12H14N4O3S/c1-8-11(7-14-16-8)12(17)15-9-4-3-5-10(6-9)20(18,19)13-2/h3-7,13H,1-2H3,(H,14,16)(H,15,17). The van der Waals surface area contributed by atoms with E-state index >= 15 is 0 Å². The Morgan fingerprint density at radius 3 is 2.70 bits per heavy atom. The third-order valence-electron chi connectivity index (χ3n) is 2.75. The fraction of sp³-hybridized carbons (Fsp3) is 0.167. The van der Waals surface area contributed by atoms with E-state index in [0.29, 0.717) is 16.9 Å². The van der Waals surface area contributed by atoms with Crippen molar-refractivity contribution in [2.45, 2.75) is 11.8 Å². The van der Waals surface area contributed by atoms with Crippen LogP contribution in [-0.4, -0.2) is 31.6 Å². The lowest BCUT2D eigenvalue weighted by atomic mass is 10.2. The molecule has 0 spiro atoms. The fourth-order valence-corrected chi connectivity index (χ4v) is 2.41. The quantitative estimate of drug-likeness (QED) is 0.778. The molecule has 1 aromatic carbocycles. The smallest absolute Gasteiger partial charge is 0.259 e. The average molecular weight is 294 g/mol. The maximum Gasteiger partial charge on any atom is 0.259 e.